The molecule has 39 heavy (non-hydrogen) atoms. The van der Waals surface area contributed by atoms with Gasteiger partial charge in [-0.3, -0.25) is 18.4 Å². The highest BCUT2D eigenvalue weighted by Gasteiger charge is 2.47. The van der Waals surface area contributed by atoms with Gasteiger partial charge in [0.25, 0.3) is 0 Å². The summed E-state index contributed by atoms with van der Waals surface area (Å²) in [5, 5.41) is 19.5. The number of phosphoric ester groups is 1. The van der Waals surface area contributed by atoms with Crippen LogP contribution in [0.2, 0.25) is 0 Å². The molecule has 0 aromatic rings. The number of ether oxygens (including phenoxy) is 3. The first kappa shape index (κ1) is 34.1. The van der Waals surface area contributed by atoms with Crippen LogP contribution in [0.25, 0.3) is 0 Å². The van der Waals surface area contributed by atoms with Crippen molar-refractivity contribution in [1.29, 1.82) is 5.26 Å². The Kier molecular flexibility index (Phi) is 14.3. The predicted octanol–water partition coefficient (Wildman–Crippen LogP) is 3.97. The van der Waals surface area contributed by atoms with Crippen molar-refractivity contribution in [2.45, 2.75) is 110 Å². The third kappa shape index (κ3) is 9.75. The predicted molar refractivity (Wildman–Crippen MR) is 144 cm³/mol. The molecule has 12 heteroatoms. The second-order valence-corrected chi connectivity index (χ2v) is 12.5. The van der Waals surface area contributed by atoms with Crippen LogP contribution in [0.5, 0.6) is 0 Å². The summed E-state index contributed by atoms with van der Waals surface area (Å²) < 4.78 is 49.6. The number of aliphatic hydroxyl groups excluding tert-OH is 1. The van der Waals surface area contributed by atoms with Crippen molar-refractivity contribution in [3.8, 4) is 6.07 Å². The molecule has 2 fully saturated rings. The van der Waals surface area contributed by atoms with Gasteiger partial charge in [-0.25, -0.2) is 4.57 Å². The van der Waals surface area contributed by atoms with Gasteiger partial charge in [-0.15, -0.1) is 0 Å². The number of hydrogen-bond donors (Lipinski definition) is 2. The number of nitrogens with two attached hydrogens (primary N) is 1. The fraction of sp³-hybridized carbons (Fsp3) is 0.926. The van der Waals surface area contributed by atoms with Gasteiger partial charge in [-0.1, -0.05) is 41.5 Å². The van der Waals surface area contributed by atoms with Gasteiger partial charge < -0.3 is 25.1 Å². The Morgan fingerprint density at radius 2 is 1.54 bits per heavy atom. The topological polar surface area (TPSA) is 160 Å². The number of amides is 1. The second kappa shape index (κ2) is 16.4. The summed E-state index contributed by atoms with van der Waals surface area (Å²) in [5.41, 5.74) is 5.18. The standard InChI is InChI=1S/C27H49N2O9P/c1-7-21-26(31)19(5)17(3)24(36-21)16-35-39(32,34-14-10-12-28)38-27-20(6)18(4)23(37-22(27)8-2)15-33-13-9-11-25(29)30/h17-24,26-27,31H,7-11,13-16H2,1-6H3,(H2,29,30). The van der Waals surface area contributed by atoms with Crippen molar-refractivity contribution in [1.82, 2.24) is 0 Å². The number of nitrogens with zero attached hydrogens (tertiary/aromatic N) is 1. The molecule has 11 nitrogen and oxygen atoms in total. The van der Waals surface area contributed by atoms with E-state index in [4.69, 9.17) is 38.8 Å². The molecular formula is C27H49N2O9P. The molecule has 3 N–H and O–H groups in total. The van der Waals surface area contributed by atoms with Crippen molar-refractivity contribution in [3.05, 3.63) is 0 Å². The maximum Gasteiger partial charge on any atom is 0.475 e. The Balaban J connectivity index is 2.09. The van der Waals surface area contributed by atoms with Crippen molar-refractivity contribution in [2.75, 3.05) is 26.4 Å². The average molecular weight is 577 g/mol. The molecule has 0 radical (unpaired) electrons. The van der Waals surface area contributed by atoms with Gasteiger partial charge in [0, 0.05) is 13.0 Å². The zero-order valence-corrected chi connectivity index (χ0v) is 25.2. The molecule has 2 aliphatic heterocycles. The molecule has 1 amide bonds. The minimum atomic E-state index is -4.10. The Morgan fingerprint density at radius 1 is 0.923 bits per heavy atom. The maximum absolute atomic E-state index is 13.9. The molecule has 0 saturated carbocycles. The van der Waals surface area contributed by atoms with E-state index in [-0.39, 0.29) is 73.9 Å². The summed E-state index contributed by atoms with van der Waals surface area (Å²) in [4.78, 5) is 10.9. The maximum atomic E-state index is 13.9. The highest BCUT2D eigenvalue weighted by atomic mass is 31.2. The fourth-order valence-electron chi connectivity index (χ4n) is 5.19. The minimum absolute atomic E-state index is 0.0100. The fourth-order valence-corrected chi connectivity index (χ4v) is 6.66. The Hall–Kier alpha value is -1.09. The quantitative estimate of drug-likeness (QED) is 0.203. The summed E-state index contributed by atoms with van der Waals surface area (Å²) in [7, 11) is -4.10. The molecular weight excluding hydrogens is 527 g/mol. The molecule has 11 unspecified atom stereocenters. The Labute approximate surface area is 233 Å². The van der Waals surface area contributed by atoms with E-state index < -0.39 is 26.1 Å². The number of aliphatic hydroxyl groups is 1. The van der Waals surface area contributed by atoms with Gasteiger partial charge in [-0.05, 0) is 42.9 Å². The number of carbonyl (C=O) groups excluding carboxylic acids is 1. The summed E-state index contributed by atoms with van der Waals surface area (Å²) in [6.07, 6.45) is -0.359. The lowest BCUT2D eigenvalue weighted by Crippen LogP contribution is -2.51. The van der Waals surface area contributed by atoms with Crippen LogP contribution in [-0.2, 0) is 37.1 Å². The Bertz CT molecular complexity index is 837. The van der Waals surface area contributed by atoms with Crippen molar-refractivity contribution >= 4 is 13.7 Å². The van der Waals surface area contributed by atoms with Gasteiger partial charge in [0.05, 0.1) is 68.9 Å². The molecule has 0 bridgehead atoms. The first-order valence-corrected chi connectivity index (χ1v) is 15.7. The van der Waals surface area contributed by atoms with Crippen LogP contribution in [0, 0.1) is 35.0 Å². The lowest BCUT2D eigenvalue weighted by molar-refractivity contribution is -0.188. The van der Waals surface area contributed by atoms with E-state index in [9.17, 15) is 14.5 Å². The minimum Gasteiger partial charge on any atom is -0.390 e. The van der Waals surface area contributed by atoms with E-state index in [1.807, 2.05) is 47.6 Å². The Morgan fingerprint density at radius 3 is 2.15 bits per heavy atom. The largest absolute Gasteiger partial charge is 0.475 e. The number of rotatable bonds is 16. The van der Waals surface area contributed by atoms with Gasteiger partial charge in [0.15, 0.2) is 0 Å². The van der Waals surface area contributed by atoms with Crippen LogP contribution in [0.3, 0.4) is 0 Å². The van der Waals surface area contributed by atoms with Crippen LogP contribution < -0.4 is 5.73 Å². The van der Waals surface area contributed by atoms with Crippen LogP contribution >= 0.6 is 7.82 Å². The SMILES string of the molecule is CCC1OC(COP(=O)(OCCC#N)OC2C(CC)OC(COCCCC(N)=O)C(C)C2C)C(C)C(C)C1O. The van der Waals surface area contributed by atoms with Crippen LogP contribution in [0.4, 0.5) is 0 Å². The molecule has 0 aromatic heterocycles. The van der Waals surface area contributed by atoms with Crippen molar-refractivity contribution in [3.63, 3.8) is 0 Å². The van der Waals surface area contributed by atoms with Crippen molar-refractivity contribution < 1.29 is 42.2 Å². The normalized spacial score (nSPS) is 36.7. The van der Waals surface area contributed by atoms with E-state index in [0.29, 0.717) is 32.5 Å². The molecule has 0 aromatic carbocycles. The van der Waals surface area contributed by atoms with E-state index in [1.165, 1.54) is 0 Å². The van der Waals surface area contributed by atoms with Gasteiger partial charge in [-0.2, -0.15) is 5.26 Å². The van der Waals surface area contributed by atoms with Crippen LogP contribution in [0.15, 0.2) is 0 Å². The first-order chi connectivity index (χ1) is 18.5. The molecule has 2 aliphatic rings. The average Bonchev–Trinajstić information content (AvgIpc) is 2.90. The molecule has 0 aliphatic carbocycles. The van der Waals surface area contributed by atoms with Crippen LogP contribution in [0.1, 0.15) is 73.6 Å². The van der Waals surface area contributed by atoms with Gasteiger partial charge >= 0.3 is 7.82 Å². The molecule has 226 valence electrons. The molecule has 0 spiro atoms. The molecule has 2 saturated heterocycles. The van der Waals surface area contributed by atoms with E-state index in [1.54, 1.807) is 0 Å². The zero-order valence-electron chi connectivity index (χ0n) is 24.3. The summed E-state index contributed by atoms with van der Waals surface area (Å²) in [6.45, 7) is 12.5. The monoisotopic (exact) mass is 576 g/mol. The summed E-state index contributed by atoms with van der Waals surface area (Å²) >= 11 is 0. The molecule has 11 atom stereocenters. The molecule has 2 rings (SSSR count). The van der Waals surface area contributed by atoms with Crippen molar-refractivity contribution in [2.24, 2.45) is 29.4 Å². The number of hydrogen-bond acceptors (Lipinski definition) is 10. The second-order valence-electron chi connectivity index (χ2n) is 10.9. The number of primary amides is 1. The number of carbonyl (C=O) groups is 1. The number of phosphoric acid groups is 1. The summed E-state index contributed by atoms with van der Waals surface area (Å²) in [5.74, 6) is -0.477. The van der Waals surface area contributed by atoms with E-state index in [2.05, 4.69) is 0 Å². The smallest absolute Gasteiger partial charge is 0.390 e. The first-order valence-electron chi connectivity index (χ1n) is 14.3. The lowest BCUT2D eigenvalue weighted by atomic mass is 9.81. The lowest BCUT2D eigenvalue weighted by Gasteiger charge is -2.45. The highest BCUT2D eigenvalue weighted by Crippen LogP contribution is 2.54. The highest BCUT2D eigenvalue weighted by molar-refractivity contribution is 7.48. The number of nitriles is 1. The van der Waals surface area contributed by atoms with Gasteiger partial charge in [0.1, 0.15) is 0 Å². The van der Waals surface area contributed by atoms with E-state index in [0.717, 1.165) is 0 Å². The van der Waals surface area contributed by atoms with Gasteiger partial charge in [0.2, 0.25) is 5.91 Å². The zero-order chi connectivity index (χ0) is 29.2. The summed E-state index contributed by atoms with van der Waals surface area (Å²) in [6, 6.07) is 1.98. The third-order valence-corrected chi connectivity index (χ3v) is 9.71. The molecule has 2 heterocycles. The van der Waals surface area contributed by atoms with E-state index >= 15 is 0 Å². The van der Waals surface area contributed by atoms with Crippen LogP contribution in [-0.4, -0.2) is 74.1 Å². The third-order valence-electron chi connectivity index (χ3n) is 8.24.